The number of hydrogen-bond donors (Lipinski definition) is 2. The molecule has 1 fully saturated rings. The summed E-state index contributed by atoms with van der Waals surface area (Å²) in [6.07, 6.45) is 6.97. The quantitative estimate of drug-likeness (QED) is 0.740. The van der Waals surface area contributed by atoms with Crippen LogP contribution in [0.15, 0.2) is 48.7 Å². The number of para-hydroxylation sites is 1. The Morgan fingerprint density at radius 1 is 1.08 bits per heavy atom. The van der Waals surface area contributed by atoms with Crippen molar-refractivity contribution in [1.29, 1.82) is 0 Å². The van der Waals surface area contributed by atoms with Gasteiger partial charge in [0.15, 0.2) is 0 Å². The molecule has 4 rings (SSSR count). The number of phenolic OH excluding ortho intramolecular Hbond substituents is 1. The van der Waals surface area contributed by atoms with Crippen molar-refractivity contribution in [3.05, 3.63) is 59.8 Å². The second kappa shape index (κ2) is 6.65. The molecule has 0 atom stereocenters. The number of rotatable bonds is 5. The Balaban J connectivity index is 1.58. The highest BCUT2D eigenvalue weighted by molar-refractivity contribution is 5.78. The number of H-pyrrole nitrogens is 1. The van der Waals surface area contributed by atoms with Crippen LogP contribution < -0.4 is 0 Å². The van der Waals surface area contributed by atoms with Crippen LogP contribution in [0.4, 0.5) is 0 Å². The second-order valence-corrected chi connectivity index (χ2v) is 6.76. The summed E-state index contributed by atoms with van der Waals surface area (Å²) in [5, 5.41) is 18.4. The van der Waals surface area contributed by atoms with Crippen molar-refractivity contribution >= 4 is 10.9 Å². The summed E-state index contributed by atoms with van der Waals surface area (Å²) >= 11 is 0. The smallest absolute Gasteiger partial charge is 0.120 e. The Labute approximate surface area is 142 Å². The molecule has 0 saturated heterocycles. The average molecular weight is 321 g/mol. The van der Waals surface area contributed by atoms with Gasteiger partial charge < -0.3 is 5.11 Å². The monoisotopic (exact) mass is 321 g/mol. The van der Waals surface area contributed by atoms with Crippen LogP contribution in [0.5, 0.6) is 5.75 Å². The fourth-order valence-corrected chi connectivity index (χ4v) is 3.76. The maximum absolute atomic E-state index is 10.1. The van der Waals surface area contributed by atoms with Gasteiger partial charge in [0, 0.05) is 30.1 Å². The van der Waals surface area contributed by atoms with E-state index in [1.807, 2.05) is 24.4 Å². The van der Waals surface area contributed by atoms with Gasteiger partial charge in [0.2, 0.25) is 0 Å². The third kappa shape index (κ3) is 3.15. The molecule has 4 heteroatoms. The Kier molecular flexibility index (Phi) is 4.22. The van der Waals surface area contributed by atoms with Crippen LogP contribution in [0, 0.1) is 0 Å². The minimum absolute atomic E-state index is 0.393. The summed E-state index contributed by atoms with van der Waals surface area (Å²) in [6.45, 7) is 1.69. The first-order valence-electron chi connectivity index (χ1n) is 8.72. The van der Waals surface area contributed by atoms with Gasteiger partial charge in [-0.3, -0.25) is 10.00 Å². The van der Waals surface area contributed by atoms with E-state index in [4.69, 9.17) is 0 Å². The number of fused-ring (bicyclic) bond motifs is 1. The molecule has 124 valence electrons. The van der Waals surface area contributed by atoms with Crippen molar-refractivity contribution in [2.45, 2.75) is 44.8 Å². The maximum atomic E-state index is 10.1. The number of phenols is 1. The normalized spacial score (nSPS) is 15.5. The van der Waals surface area contributed by atoms with Gasteiger partial charge in [-0.15, -0.1) is 0 Å². The van der Waals surface area contributed by atoms with Crippen LogP contribution in [0.1, 0.15) is 36.8 Å². The third-order valence-corrected chi connectivity index (χ3v) is 5.10. The largest absolute Gasteiger partial charge is 0.508 e. The van der Waals surface area contributed by atoms with Crippen molar-refractivity contribution < 1.29 is 5.11 Å². The lowest BCUT2D eigenvalue weighted by molar-refractivity contribution is 0.179. The summed E-state index contributed by atoms with van der Waals surface area (Å²) in [5.41, 5.74) is 3.38. The maximum Gasteiger partial charge on any atom is 0.120 e. The molecule has 1 aliphatic carbocycles. The van der Waals surface area contributed by atoms with Gasteiger partial charge in [0.1, 0.15) is 5.75 Å². The minimum Gasteiger partial charge on any atom is -0.508 e. The molecule has 2 N–H and O–H groups in total. The van der Waals surface area contributed by atoms with Crippen LogP contribution in [0.25, 0.3) is 10.9 Å². The van der Waals surface area contributed by atoms with Crippen LogP contribution >= 0.6 is 0 Å². The molecule has 3 aromatic rings. The van der Waals surface area contributed by atoms with Crippen LogP contribution in [-0.4, -0.2) is 26.2 Å². The summed E-state index contributed by atoms with van der Waals surface area (Å²) in [4.78, 5) is 2.51. The topological polar surface area (TPSA) is 52.1 Å². The Morgan fingerprint density at radius 3 is 2.75 bits per heavy atom. The van der Waals surface area contributed by atoms with E-state index < -0.39 is 0 Å². The fraction of sp³-hybridized carbons (Fsp3) is 0.350. The number of aromatic hydroxyl groups is 1. The first-order chi connectivity index (χ1) is 11.8. The van der Waals surface area contributed by atoms with E-state index >= 15 is 0 Å². The Hall–Kier alpha value is -2.33. The summed E-state index contributed by atoms with van der Waals surface area (Å²) in [7, 11) is 0. The molecule has 1 heterocycles. The molecule has 0 bridgehead atoms. The van der Waals surface area contributed by atoms with Crippen molar-refractivity contribution in [2.24, 2.45) is 0 Å². The van der Waals surface area contributed by atoms with Crippen LogP contribution in [-0.2, 0) is 13.1 Å². The van der Waals surface area contributed by atoms with Crippen molar-refractivity contribution in [3.63, 3.8) is 0 Å². The predicted octanol–water partition coefficient (Wildman–Crippen LogP) is 4.21. The molecule has 0 aliphatic heterocycles. The number of nitrogens with one attached hydrogen (secondary N) is 1. The molecule has 4 nitrogen and oxygen atoms in total. The zero-order chi connectivity index (χ0) is 16.4. The number of aromatic amines is 1. The van der Waals surface area contributed by atoms with Crippen LogP contribution in [0.2, 0.25) is 0 Å². The van der Waals surface area contributed by atoms with Gasteiger partial charge in [-0.1, -0.05) is 43.2 Å². The van der Waals surface area contributed by atoms with Gasteiger partial charge in [-0.25, -0.2) is 0 Å². The van der Waals surface area contributed by atoms with Gasteiger partial charge in [0.25, 0.3) is 0 Å². The van der Waals surface area contributed by atoms with E-state index in [9.17, 15) is 5.11 Å². The molecule has 0 radical (unpaired) electrons. The van der Waals surface area contributed by atoms with Gasteiger partial charge in [0.05, 0.1) is 11.7 Å². The first-order valence-corrected chi connectivity index (χ1v) is 8.72. The summed E-state index contributed by atoms with van der Waals surface area (Å²) in [5.74, 6) is 0.393. The number of benzene rings is 2. The summed E-state index contributed by atoms with van der Waals surface area (Å²) in [6, 6.07) is 14.8. The molecule has 1 aromatic heterocycles. The van der Waals surface area contributed by atoms with Gasteiger partial charge in [-0.2, -0.15) is 5.10 Å². The van der Waals surface area contributed by atoms with E-state index in [2.05, 4.69) is 33.3 Å². The first kappa shape index (κ1) is 15.2. The van der Waals surface area contributed by atoms with E-state index in [1.54, 1.807) is 6.07 Å². The molecule has 0 spiro atoms. The second-order valence-electron chi connectivity index (χ2n) is 6.76. The van der Waals surface area contributed by atoms with Crippen LogP contribution in [0.3, 0.4) is 0 Å². The highest BCUT2D eigenvalue weighted by Crippen LogP contribution is 2.29. The number of hydrogen-bond acceptors (Lipinski definition) is 3. The zero-order valence-electron chi connectivity index (χ0n) is 13.8. The predicted molar refractivity (Wildman–Crippen MR) is 95.7 cm³/mol. The summed E-state index contributed by atoms with van der Waals surface area (Å²) < 4.78 is 0. The number of nitrogens with zero attached hydrogens (tertiary/aromatic N) is 2. The molecule has 24 heavy (non-hydrogen) atoms. The SMILES string of the molecule is Oc1ccccc1CN(Cc1ccc2cn[nH]c2c1)C1CCCC1. The third-order valence-electron chi connectivity index (χ3n) is 5.10. The standard InChI is InChI=1S/C20H23N3O/c24-20-8-4-1-5-17(20)14-23(18-6-2-3-7-18)13-15-9-10-16-12-21-22-19(16)11-15/h1,4-5,8-12,18,24H,2-3,6-7,13-14H2,(H,21,22). The highest BCUT2D eigenvalue weighted by Gasteiger charge is 2.23. The van der Waals surface area contributed by atoms with Gasteiger partial charge >= 0.3 is 0 Å². The molecule has 1 saturated carbocycles. The Bertz CT molecular complexity index is 820. The lowest BCUT2D eigenvalue weighted by Gasteiger charge is -2.29. The zero-order valence-corrected chi connectivity index (χ0v) is 13.8. The molecular formula is C20H23N3O. The molecule has 0 unspecified atom stereocenters. The molecule has 2 aromatic carbocycles. The van der Waals surface area contributed by atoms with E-state index in [1.165, 1.54) is 31.2 Å². The molecule has 0 amide bonds. The van der Waals surface area contributed by atoms with Gasteiger partial charge in [-0.05, 0) is 30.5 Å². The van der Waals surface area contributed by atoms with E-state index in [0.29, 0.717) is 11.8 Å². The fourth-order valence-electron chi connectivity index (χ4n) is 3.76. The number of aromatic nitrogens is 2. The van der Waals surface area contributed by atoms with E-state index in [0.717, 1.165) is 29.6 Å². The van der Waals surface area contributed by atoms with Crippen molar-refractivity contribution in [1.82, 2.24) is 15.1 Å². The lowest BCUT2D eigenvalue weighted by Crippen LogP contribution is -2.32. The highest BCUT2D eigenvalue weighted by atomic mass is 16.3. The lowest BCUT2D eigenvalue weighted by atomic mass is 10.1. The minimum atomic E-state index is 0.393. The van der Waals surface area contributed by atoms with E-state index in [-0.39, 0.29) is 0 Å². The average Bonchev–Trinajstić information content (AvgIpc) is 3.27. The van der Waals surface area contributed by atoms with Crippen molar-refractivity contribution in [3.8, 4) is 5.75 Å². The Morgan fingerprint density at radius 2 is 1.92 bits per heavy atom. The molecule has 1 aliphatic rings. The van der Waals surface area contributed by atoms with Crippen molar-refractivity contribution in [2.75, 3.05) is 0 Å². The molecular weight excluding hydrogens is 298 g/mol.